The second kappa shape index (κ2) is 8.87. The van der Waals surface area contributed by atoms with Gasteiger partial charge in [0, 0.05) is 25.2 Å². The maximum atomic E-state index is 12.7. The number of hydrogen-bond donors (Lipinski definition) is 2. The van der Waals surface area contributed by atoms with E-state index in [1.54, 1.807) is 9.80 Å². The Morgan fingerprint density at radius 3 is 2.24 bits per heavy atom. The zero-order valence-corrected chi connectivity index (χ0v) is 13.1. The van der Waals surface area contributed by atoms with Crippen molar-refractivity contribution in [3.05, 3.63) is 0 Å². The van der Waals surface area contributed by atoms with Crippen LogP contribution in [0.5, 0.6) is 0 Å². The Hall–Kier alpha value is -1.30. The van der Waals surface area contributed by atoms with Crippen LogP contribution < -0.4 is 0 Å². The molecule has 0 aromatic carbocycles. The summed E-state index contributed by atoms with van der Waals surface area (Å²) in [5.41, 5.74) is 0. The summed E-state index contributed by atoms with van der Waals surface area (Å²) in [5, 5.41) is 18.1. The van der Waals surface area contributed by atoms with Crippen LogP contribution in [0.25, 0.3) is 0 Å². The lowest BCUT2D eigenvalue weighted by Gasteiger charge is -2.39. The molecule has 0 spiro atoms. The third-order valence-corrected chi connectivity index (χ3v) is 4.04. The first kappa shape index (κ1) is 17.8. The zero-order chi connectivity index (χ0) is 15.8. The fourth-order valence-electron chi connectivity index (χ4n) is 2.89. The first-order valence-corrected chi connectivity index (χ1v) is 7.87. The number of carboxylic acid groups (broad SMARTS) is 1. The maximum Gasteiger partial charge on any atom is 0.320 e. The lowest BCUT2D eigenvalue weighted by atomic mass is 9.94. The van der Waals surface area contributed by atoms with Gasteiger partial charge in [0.1, 0.15) is 0 Å². The number of aliphatic hydroxyl groups is 1. The van der Waals surface area contributed by atoms with Gasteiger partial charge in [-0.1, -0.05) is 19.3 Å². The Morgan fingerprint density at radius 1 is 1.14 bits per heavy atom. The van der Waals surface area contributed by atoms with Crippen LogP contribution in [-0.2, 0) is 4.79 Å². The fourth-order valence-corrected chi connectivity index (χ4v) is 2.89. The predicted molar refractivity (Wildman–Crippen MR) is 80.2 cm³/mol. The lowest BCUT2D eigenvalue weighted by Crippen LogP contribution is -2.52. The number of carbonyl (C=O) groups is 2. The van der Waals surface area contributed by atoms with Crippen LogP contribution in [-0.4, -0.2) is 63.8 Å². The molecule has 0 unspecified atom stereocenters. The molecular weight excluding hydrogens is 272 g/mol. The first-order valence-electron chi connectivity index (χ1n) is 7.87. The molecule has 0 atom stereocenters. The lowest BCUT2D eigenvalue weighted by molar-refractivity contribution is -0.137. The van der Waals surface area contributed by atoms with Gasteiger partial charge >= 0.3 is 12.0 Å². The fraction of sp³-hybridized carbons (Fsp3) is 0.867. The number of aliphatic hydroxyl groups excluding tert-OH is 1. The van der Waals surface area contributed by atoms with Gasteiger partial charge in [-0.05, 0) is 26.7 Å². The van der Waals surface area contributed by atoms with Crippen molar-refractivity contribution in [2.75, 3.05) is 19.7 Å². The van der Waals surface area contributed by atoms with E-state index in [0.717, 1.165) is 25.7 Å². The summed E-state index contributed by atoms with van der Waals surface area (Å²) in [6.45, 7) is 4.24. The van der Waals surface area contributed by atoms with Crippen LogP contribution in [0.4, 0.5) is 4.79 Å². The second-order valence-corrected chi connectivity index (χ2v) is 5.92. The summed E-state index contributed by atoms with van der Waals surface area (Å²) in [4.78, 5) is 26.8. The molecule has 2 N–H and O–H groups in total. The van der Waals surface area contributed by atoms with Crippen molar-refractivity contribution < 1.29 is 19.8 Å². The van der Waals surface area contributed by atoms with Gasteiger partial charge in [0.15, 0.2) is 0 Å². The summed E-state index contributed by atoms with van der Waals surface area (Å²) < 4.78 is 0. The van der Waals surface area contributed by atoms with E-state index in [-0.39, 0.29) is 37.7 Å². The molecule has 21 heavy (non-hydrogen) atoms. The number of hydrogen-bond acceptors (Lipinski definition) is 3. The third kappa shape index (κ3) is 5.53. The SMILES string of the molecule is CC(C)N(CCC(=O)O)C(=O)N(CCO)C1CCCCC1. The van der Waals surface area contributed by atoms with E-state index in [4.69, 9.17) is 5.11 Å². The van der Waals surface area contributed by atoms with Crippen LogP contribution in [0.15, 0.2) is 0 Å². The minimum Gasteiger partial charge on any atom is -0.481 e. The van der Waals surface area contributed by atoms with E-state index in [1.807, 2.05) is 13.8 Å². The minimum atomic E-state index is -0.903. The molecular formula is C15H28N2O4. The van der Waals surface area contributed by atoms with Crippen molar-refractivity contribution in [1.82, 2.24) is 9.80 Å². The number of aliphatic carboxylic acids is 1. The molecule has 6 nitrogen and oxygen atoms in total. The Kier molecular flexibility index (Phi) is 7.50. The van der Waals surface area contributed by atoms with Crippen LogP contribution >= 0.6 is 0 Å². The van der Waals surface area contributed by atoms with Crippen LogP contribution in [0, 0.1) is 0 Å². The topological polar surface area (TPSA) is 81.1 Å². The average Bonchev–Trinajstić information content (AvgIpc) is 2.45. The van der Waals surface area contributed by atoms with Gasteiger partial charge in [-0.2, -0.15) is 0 Å². The number of carboxylic acids is 1. The molecule has 0 aliphatic heterocycles. The summed E-state index contributed by atoms with van der Waals surface area (Å²) >= 11 is 0. The normalized spacial score (nSPS) is 16.0. The zero-order valence-electron chi connectivity index (χ0n) is 13.1. The number of urea groups is 1. The van der Waals surface area contributed by atoms with Gasteiger partial charge in [0.05, 0.1) is 13.0 Å². The molecule has 1 rings (SSSR count). The van der Waals surface area contributed by atoms with Crippen molar-refractivity contribution in [1.29, 1.82) is 0 Å². The van der Waals surface area contributed by atoms with Gasteiger partial charge in [0.2, 0.25) is 0 Å². The predicted octanol–water partition coefficient (Wildman–Crippen LogP) is 1.92. The van der Waals surface area contributed by atoms with Crippen molar-refractivity contribution in [3.63, 3.8) is 0 Å². The highest BCUT2D eigenvalue weighted by molar-refractivity contribution is 5.76. The molecule has 1 aliphatic rings. The number of amides is 2. The van der Waals surface area contributed by atoms with Crippen LogP contribution in [0.2, 0.25) is 0 Å². The molecule has 1 fully saturated rings. The molecule has 122 valence electrons. The number of nitrogens with zero attached hydrogens (tertiary/aromatic N) is 2. The maximum absolute atomic E-state index is 12.7. The van der Waals surface area contributed by atoms with Crippen LogP contribution in [0.3, 0.4) is 0 Å². The molecule has 0 saturated heterocycles. The highest BCUT2D eigenvalue weighted by Gasteiger charge is 2.29. The van der Waals surface area contributed by atoms with Crippen molar-refractivity contribution in [2.45, 2.75) is 64.5 Å². The smallest absolute Gasteiger partial charge is 0.320 e. The first-order chi connectivity index (χ1) is 9.97. The van der Waals surface area contributed by atoms with Crippen molar-refractivity contribution in [3.8, 4) is 0 Å². The van der Waals surface area contributed by atoms with E-state index in [2.05, 4.69) is 0 Å². The van der Waals surface area contributed by atoms with E-state index in [9.17, 15) is 14.7 Å². The molecule has 1 aliphatic carbocycles. The molecule has 0 bridgehead atoms. The minimum absolute atomic E-state index is 0.0540. The Balaban J connectivity index is 2.76. The highest BCUT2D eigenvalue weighted by atomic mass is 16.4. The molecule has 0 heterocycles. The quantitative estimate of drug-likeness (QED) is 0.752. The number of carbonyl (C=O) groups excluding carboxylic acids is 1. The van der Waals surface area contributed by atoms with E-state index in [1.165, 1.54) is 6.42 Å². The van der Waals surface area contributed by atoms with Gasteiger partial charge in [-0.3, -0.25) is 4.79 Å². The summed E-state index contributed by atoms with van der Waals surface area (Å²) in [6.07, 6.45) is 5.30. The Labute approximate surface area is 126 Å². The Morgan fingerprint density at radius 2 is 1.76 bits per heavy atom. The van der Waals surface area contributed by atoms with Gasteiger partial charge < -0.3 is 20.0 Å². The summed E-state index contributed by atoms with van der Waals surface area (Å²) in [7, 11) is 0. The van der Waals surface area contributed by atoms with Crippen molar-refractivity contribution >= 4 is 12.0 Å². The number of rotatable bonds is 7. The standard InChI is InChI=1S/C15H28N2O4/c1-12(2)16(9-8-14(19)20)15(21)17(10-11-18)13-6-4-3-5-7-13/h12-13,18H,3-11H2,1-2H3,(H,19,20). The molecule has 0 radical (unpaired) electrons. The van der Waals surface area contributed by atoms with Gasteiger partial charge in [0.25, 0.3) is 0 Å². The summed E-state index contributed by atoms with van der Waals surface area (Å²) in [5.74, 6) is -0.903. The van der Waals surface area contributed by atoms with Crippen molar-refractivity contribution in [2.24, 2.45) is 0 Å². The largest absolute Gasteiger partial charge is 0.481 e. The molecule has 0 aromatic heterocycles. The molecule has 6 heteroatoms. The van der Waals surface area contributed by atoms with E-state index in [0.29, 0.717) is 6.54 Å². The molecule has 1 saturated carbocycles. The average molecular weight is 300 g/mol. The molecule has 0 aromatic rings. The third-order valence-electron chi connectivity index (χ3n) is 4.04. The van der Waals surface area contributed by atoms with E-state index >= 15 is 0 Å². The summed E-state index contributed by atoms with van der Waals surface area (Å²) in [6, 6.07) is -0.0293. The molecule has 2 amide bonds. The van der Waals surface area contributed by atoms with Gasteiger partial charge in [-0.15, -0.1) is 0 Å². The van der Waals surface area contributed by atoms with E-state index < -0.39 is 5.97 Å². The highest BCUT2D eigenvalue weighted by Crippen LogP contribution is 2.24. The monoisotopic (exact) mass is 300 g/mol. The second-order valence-electron chi connectivity index (χ2n) is 5.92. The Bertz CT molecular complexity index is 341. The van der Waals surface area contributed by atoms with Gasteiger partial charge in [-0.25, -0.2) is 4.79 Å². The van der Waals surface area contributed by atoms with Crippen LogP contribution in [0.1, 0.15) is 52.4 Å².